The molecule has 1 aliphatic rings. The lowest BCUT2D eigenvalue weighted by Crippen LogP contribution is -2.38. The second-order valence-corrected chi connectivity index (χ2v) is 3.71. The summed E-state index contributed by atoms with van der Waals surface area (Å²) in [5.74, 6) is 0.902. The van der Waals surface area contributed by atoms with Crippen LogP contribution in [0.3, 0.4) is 0 Å². The number of tetrazole rings is 1. The third-order valence-electron chi connectivity index (χ3n) is 2.47. The minimum atomic E-state index is 0.111. The van der Waals surface area contributed by atoms with Crippen molar-refractivity contribution in [2.24, 2.45) is 5.73 Å². The first-order valence-corrected chi connectivity index (χ1v) is 5.20. The molecule has 0 fully saturated rings. The summed E-state index contributed by atoms with van der Waals surface area (Å²) in [4.78, 5) is 0. The zero-order valence-electron chi connectivity index (χ0n) is 8.85. The van der Waals surface area contributed by atoms with Gasteiger partial charge in [-0.25, -0.2) is 4.68 Å². The van der Waals surface area contributed by atoms with E-state index in [0.29, 0.717) is 0 Å². The van der Waals surface area contributed by atoms with Gasteiger partial charge in [0, 0.05) is 32.1 Å². The second-order valence-electron chi connectivity index (χ2n) is 3.71. The number of hydrogen-bond donors (Lipinski definition) is 2. The van der Waals surface area contributed by atoms with E-state index in [9.17, 15) is 0 Å². The van der Waals surface area contributed by atoms with Gasteiger partial charge in [0.2, 0.25) is 0 Å². The predicted octanol–water partition coefficient (Wildman–Crippen LogP) is -0.908. The van der Waals surface area contributed by atoms with Crippen LogP contribution in [0, 0.1) is 0 Å². The molecule has 0 radical (unpaired) electrons. The monoisotopic (exact) mass is 208 g/mol. The molecule has 6 heteroatoms. The molecular formula is C9H16N6. The number of aromatic nitrogens is 4. The fraction of sp³-hybridized carbons (Fsp3) is 0.667. The fourth-order valence-electron chi connectivity index (χ4n) is 1.74. The van der Waals surface area contributed by atoms with Gasteiger partial charge in [-0.3, -0.25) is 0 Å². The molecule has 82 valence electrons. The molecule has 0 saturated carbocycles. The van der Waals surface area contributed by atoms with Gasteiger partial charge in [0.1, 0.15) is 0 Å². The van der Waals surface area contributed by atoms with Gasteiger partial charge in [0.05, 0.1) is 0 Å². The summed E-state index contributed by atoms with van der Waals surface area (Å²) >= 11 is 0. The van der Waals surface area contributed by atoms with Crippen LogP contribution in [0.4, 0.5) is 0 Å². The van der Waals surface area contributed by atoms with Gasteiger partial charge in [-0.2, -0.15) is 0 Å². The molecule has 15 heavy (non-hydrogen) atoms. The van der Waals surface area contributed by atoms with E-state index < -0.39 is 0 Å². The van der Waals surface area contributed by atoms with E-state index in [1.807, 2.05) is 6.92 Å². The average molecular weight is 208 g/mol. The maximum atomic E-state index is 5.83. The molecule has 1 aromatic rings. The average Bonchev–Trinajstić information content (AvgIpc) is 2.65. The first kappa shape index (κ1) is 10.3. The highest BCUT2D eigenvalue weighted by atomic mass is 15.5. The summed E-state index contributed by atoms with van der Waals surface area (Å²) in [7, 11) is 0. The summed E-state index contributed by atoms with van der Waals surface area (Å²) in [6.07, 6.45) is 2.88. The Hall–Kier alpha value is -1.27. The molecular weight excluding hydrogens is 192 g/mol. The fourth-order valence-corrected chi connectivity index (χ4v) is 1.74. The third-order valence-corrected chi connectivity index (χ3v) is 2.47. The lowest BCUT2D eigenvalue weighted by molar-refractivity contribution is 0.587. The van der Waals surface area contributed by atoms with E-state index in [4.69, 9.17) is 5.73 Å². The standard InChI is InChI=1S/C9H16N6/c1-2-15-9(12-13-14-15)4-7-3-8(10)6-11-5-7/h3,8,11H,2,4-6,10H2,1H3. The van der Waals surface area contributed by atoms with Gasteiger partial charge < -0.3 is 11.1 Å². The Kier molecular flexibility index (Phi) is 3.08. The largest absolute Gasteiger partial charge is 0.323 e. The predicted molar refractivity (Wildman–Crippen MR) is 56.1 cm³/mol. The van der Waals surface area contributed by atoms with Crippen LogP contribution in [-0.4, -0.2) is 39.3 Å². The highest BCUT2D eigenvalue weighted by Crippen LogP contribution is 2.07. The van der Waals surface area contributed by atoms with Crippen molar-refractivity contribution in [3.8, 4) is 0 Å². The first-order chi connectivity index (χ1) is 7.29. The van der Waals surface area contributed by atoms with Crippen LogP contribution in [-0.2, 0) is 13.0 Å². The minimum absolute atomic E-state index is 0.111. The molecule has 0 spiro atoms. The van der Waals surface area contributed by atoms with Crippen LogP contribution >= 0.6 is 0 Å². The van der Waals surface area contributed by atoms with Crippen LogP contribution in [0.5, 0.6) is 0 Å². The van der Waals surface area contributed by atoms with E-state index in [1.54, 1.807) is 4.68 Å². The molecule has 1 atom stereocenters. The Morgan fingerprint density at radius 2 is 2.53 bits per heavy atom. The number of hydrogen-bond acceptors (Lipinski definition) is 5. The second kappa shape index (κ2) is 4.50. The molecule has 2 rings (SSSR count). The molecule has 2 heterocycles. The summed E-state index contributed by atoms with van der Waals surface area (Å²) < 4.78 is 1.81. The summed E-state index contributed by atoms with van der Waals surface area (Å²) in [5, 5.41) is 14.8. The Balaban J connectivity index is 2.08. The maximum absolute atomic E-state index is 5.83. The Morgan fingerprint density at radius 3 is 3.27 bits per heavy atom. The molecule has 3 N–H and O–H groups in total. The molecule has 0 aliphatic carbocycles. The maximum Gasteiger partial charge on any atom is 0.155 e. The third kappa shape index (κ3) is 2.40. The topological polar surface area (TPSA) is 81.7 Å². The van der Waals surface area contributed by atoms with E-state index >= 15 is 0 Å². The van der Waals surface area contributed by atoms with Crippen molar-refractivity contribution in [2.45, 2.75) is 25.9 Å². The van der Waals surface area contributed by atoms with Gasteiger partial charge in [-0.15, -0.1) is 5.10 Å². The zero-order valence-corrected chi connectivity index (χ0v) is 8.85. The molecule has 0 bridgehead atoms. The van der Waals surface area contributed by atoms with Gasteiger partial charge >= 0.3 is 0 Å². The molecule has 1 aliphatic heterocycles. The summed E-state index contributed by atoms with van der Waals surface area (Å²) in [5.41, 5.74) is 7.09. The van der Waals surface area contributed by atoms with E-state index in [2.05, 4.69) is 26.9 Å². The van der Waals surface area contributed by atoms with Crippen LogP contribution in [0.25, 0.3) is 0 Å². The van der Waals surface area contributed by atoms with E-state index in [-0.39, 0.29) is 6.04 Å². The molecule has 0 saturated heterocycles. The van der Waals surface area contributed by atoms with Crippen molar-refractivity contribution >= 4 is 0 Å². The lowest BCUT2D eigenvalue weighted by Gasteiger charge is -2.18. The van der Waals surface area contributed by atoms with Crippen molar-refractivity contribution in [1.82, 2.24) is 25.5 Å². The highest BCUT2D eigenvalue weighted by molar-refractivity contribution is 5.16. The summed E-state index contributed by atoms with van der Waals surface area (Å²) in [6.45, 7) is 4.56. The Labute approximate surface area is 88.5 Å². The smallest absolute Gasteiger partial charge is 0.155 e. The zero-order chi connectivity index (χ0) is 10.7. The minimum Gasteiger partial charge on any atom is -0.323 e. The number of rotatable bonds is 3. The number of nitrogens with one attached hydrogen (secondary N) is 1. The van der Waals surface area contributed by atoms with Crippen LogP contribution in [0.1, 0.15) is 12.7 Å². The van der Waals surface area contributed by atoms with E-state index in [0.717, 1.165) is 31.9 Å². The molecule has 0 amide bonds. The van der Waals surface area contributed by atoms with Gasteiger partial charge in [0.25, 0.3) is 0 Å². The Morgan fingerprint density at radius 1 is 1.67 bits per heavy atom. The highest BCUT2D eigenvalue weighted by Gasteiger charge is 2.12. The summed E-state index contributed by atoms with van der Waals surface area (Å²) in [6, 6.07) is 0.111. The number of nitrogens with zero attached hydrogens (tertiary/aromatic N) is 4. The Bertz CT molecular complexity index is 355. The van der Waals surface area contributed by atoms with Gasteiger partial charge in [-0.05, 0) is 17.4 Å². The SMILES string of the molecule is CCn1nnnc1CC1=CC(N)CNC1. The van der Waals surface area contributed by atoms with Crippen molar-refractivity contribution in [3.05, 3.63) is 17.5 Å². The number of aryl methyl sites for hydroxylation is 1. The molecule has 1 aromatic heterocycles. The van der Waals surface area contributed by atoms with Gasteiger partial charge in [-0.1, -0.05) is 11.6 Å². The van der Waals surface area contributed by atoms with E-state index in [1.165, 1.54) is 5.57 Å². The van der Waals surface area contributed by atoms with Crippen LogP contribution < -0.4 is 11.1 Å². The molecule has 1 unspecified atom stereocenters. The number of nitrogens with two attached hydrogens (primary N) is 1. The van der Waals surface area contributed by atoms with Crippen molar-refractivity contribution in [3.63, 3.8) is 0 Å². The molecule has 6 nitrogen and oxygen atoms in total. The van der Waals surface area contributed by atoms with Crippen LogP contribution in [0.15, 0.2) is 11.6 Å². The van der Waals surface area contributed by atoms with Gasteiger partial charge in [0.15, 0.2) is 5.82 Å². The lowest BCUT2D eigenvalue weighted by atomic mass is 10.1. The van der Waals surface area contributed by atoms with Crippen molar-refractivity contribution in [1.29, 1.82) is 0 Å². The van der Waals surface area contributed by atoms with Crippen molar-refractivity contribution in [2.75, 3.05) is 13.1 Å². The van der Waals surface area contributed by atoms with Crippen LogP contribution in [0.2, 0.25) is 0 Å². The quantitative estimate of drug-likeness (QED) is 0.629. The van der Waals surface area contributed by atoms with Crippen molar-refractivity contribution < 1.29 is 0 Å². The molecule has 0 aromatic carbocycles. The normalized spacial score (nSPS) is 21.5. The first-order valence-electron chi connectivity index (χ1n) is 5.20.